The molecule has 0 fully saturated rings. The Morgan fingerprint density at radius 1 is 0.953 bits per heavy atom. The van der Waals surface area contributed by atoms with E-state index in [0.717, 1.165) is 54.6 Å². The van der Waals surface area contributed by atoms with Gasteiger partial charge in [0.25, 0.3) is 17.7 Å². The van der Waals surface area contributed by atoms with Crippen molar-refractivity contribution in [1.29, 1.82) is 0 Å². The van der Waals surface area contributed by atoms with E-state index in [1.165, 1.54) is 32.0 Å². The van der Waals surface area contributed by atoms with Gasteiger partial charge in [0.15, 0.2) is 11.6 Å². The van der Waals surface area contributed by atoms with Gasteiger partial charge in [0.2, 0.25) is 0 Å². The molecule has 3 aromatic carbocycles. The Kier molecular flexibility index (Phi) is 10.4. The zero-order chi connectivity index (χ0) is 31.3. The van der Waals surface area contributed by atoms with Gasteiger partial charge in [-0.3, -0.25) is 19.3 Å². The van der Waals surface area contributed by atoms with Gasteiger partial charge in [-0.15, -0.1) is 0 Å². The van der Waals surface area contributed by atoms with Crippen molar-refractivity contribution in [2.45, 2.75) is 51.4 Å². The summed E-state index contributed by atoms with van der Waals surface area (Å²) in [5.74, 6) is -3.07. The molecule has 0 aromatic heterocycles. The van der Waals surface area contributed by atoms with E-state index in [-0.39, 0.29) is 22.8 Å². The number of carbonyl (C=O) groups excluding carboxylic acids is 3. The molecular formula is C34H38ClF2N3O3. The molecule has 0 spiro atoms. The summed E-state index contributed by atoms with van der Waals surface area (Å²) < 4.78 is 28.1. The Morgan fingerprint density at radius 3 is 2.26 bits per heavy atom. The fraction of sp³-hybridized carbons (Fsp3) is 0.382. The molecule has 3 aromatic rings. The quantitative estimate of drug-likeness (QED) is 0.188. The van der Waals surface area contributed by atoms with Crippen molar-refractivity contribution in [3.63, 3.8) is 0 Å². The Labute approximate surface area is 257 Å². The molecule has 228 valence electrons. The molecule has 6 nitrogen and oxygen atoms in total. The minimum atomic E-state index is -1.10. The molecule has 0 radical (unpaired) electrons. The van der Waals surface area contributed by atoms with Crippen molar-refractivity contribution in [1.82, 2.24) is 9.80 Å². The molecule has 43 heavy (non-hydrogen) atoms. The maximum Gasteiger partial charge on any atom is 0.261 e. The maximum atomic E-state index is 14.4. The summed E-state index contributed by atoms with van der Waals surface area (Å²) in [6, 6.07) is 16.0. The third kappa shape index (κ3) is 6.65. The van der Waals surface area contributed by atoms with Crippen molar-refractivity contribution in [3.8, 4) is 0 Å². The summed E-state index contributed by atoms with van der Waals surface area (Å²) in [5, 5.41) is 0.610. The molecule has 0 saturated heterocycles. The largest absolute Gasteiger partial charge is 0.307 e. The van der Waals surface area contributed by atoms with Crippen LogP contribution in [-0.4, -0.2) is 61.3 Å². The van der Waals surface area contributed by atoms with Gasteiger partial charge in [-0.05, 0) is 87.4 Å². The number of rotatable bonds is 9. The smallest absolute Gasteiger partial charge is 0.261 e. The number of unbranched alkanes of at least 4 members (excludes halogenated alkanes) is 2. The number of amides is 3. The van der Waals surface area contributed by atoms with Crippen molar-refractivity contribution in [2.75, 3.05) is 38.6 Å². The predicted molar refractivity (Wildman–Crippen MR) is 166 cm³/mol. The maximum absolute atomic E-state index is 14.4. The first kappa shape index (κ1) is 32.3. The molecule has 0 bridgehead atoms. The Hall–Kier alpha value is -3.62. The molecule has 5 rings (SSSR count). The van der Waals surface area contributed by atoms with E-state index in [0.29, 0.717) is 22.7 Å². The standard InChI is InChI=1S/C25H31ClF2N2O.C9H7NO2/c1-4-6-7-14-29(3)15-13-25(5-2)17-30(22-12-11-18(26)16-20(22)25)24(31)19-9-8-10-21(27)23(19)28;1-10-8(11)6-4-2-3-5-7(6)9(10)12/h8-12,16H,4-7,13-15,17H2,1-3H3;2-5H,1H3. The lowest BCUT2D eigenvalue weighted by Gasteiger charge is -2.31. The lowest BCUT2D eigenvalue weighted by Crippen LogP contribution is -2.39. The van der Waals surface area contributed by atoms with Gasteiger partial charge in [-0.1, -0.05) is 56.5 Å². The number of carbonyl (C=O) groups is 3. The molecule has 0 saturated carbocycles. The van der Waals surface area contributed by atoms with Crippen LogP contribution >= 0.6 is 11.6 Å². The monoisotopic (exact) mass is 609 g/mol. The van der Waals surface area contributed by atoms with Crippen molar-refractivity contribution < 1.29 is 23.2 Å². The third-order valence-electron chi connectivity index (χ3n) is 8.50. The van der Waals surface area contributed by atoms with Crippen LogP contribution in [0, 0.1) is 11.6 Å². The summed E-state index contributed by atoms with van der Waals surface area (Å²) >= 11 is 6.32. The van der Waals surface area contributed by atoms with E-state index >= 15 is 0 Å². The summed E-state index contributed by atoms with van der Waals surface area (Å²) in [5.41, 5.74) is 2.22. The molecule has 9 heteroatoms. The second-order valence-electron chi connectivity index (χ2n) is 11.3. The molecule has 2 heterocycles. The van der Waals surface area contributed by atoms with Crippen LogP contribution in [0.4, 0.5) is 14.5 Å². The van der Waals surface area contributed by atoms with Crippen LogP contribution in [0.1, 0.15) is 82.6 Å². The average molecular weight is 610 g/mol. The minimum absolute atomic E-state index is 0.212. The first-order valence-electron chi connectivity index (χ1n) is 14.7. The van der Waals surface area contributed by atoms with Gasteiger partial charge in [0.05, 0.1) is 16.7 Å². The number of fused-ring (bicyclic) bond motifs is 2. The SMILES string of the molecule is CCCCCN(C)CCC1(CC)CN(C(=O)c2cccc(F)c2F)c2ccc(Cl)cc21.CN1C(=O)c2ccccc2C1=O. The van der Waals surface area contributed by atoms with Crippen LogP contribution in [0.5, 0.6) is 0 Å². The van der Waals surface area contributed by atoms with E-state index in [2.05, 4.69) is 25.8 Å². The van der Waals surface area contributed by atoms with Gasteiger partial charge in [-0.25, -0.2) is 8.78 Å². The van der Waals surface area contributed by atoms with Gasteiger partial charge >= 0.3 is 0 Å². The average Bonchev–Trinajstić information content (AvgIpc) is 3.44. The molecule has 0 aliphatic carbocycles. The lowest BCUT2D eigenvalue weighted by atomic mass is 9.77. The highest BCUT2D eigenvalue weighted by Crippen LogP contribution is 2.47. The number of anilines is 1. The fourth-order valence-electron chi connectivity index (χ4n) is 5.79. The van der Waals surface area contributed by atoms with Gasteiger partial charge < -0.3 is 9.80 Å². The summed E-state index contributed by atoms with van der Waals surface area (Å²) in [4.78, 5) is 40.9. The van der Waals surface area contributed by atoms with Crippen LogP contribution in [0.3, 0.4) is 0 Å². The highest BCUT2D eigenvalue weighted by molar-refractivity contribution is 6.30. The molecule has 3 amide bonds. The Morgan fingerprint density at radius 2 is 1.63 bits per heavy atom. The zero-order valence-corrected chi connectivity index (χ0v) is 25.9. The van der Waals surface area contributed by atoms with Crippen LogP contribution in [0.25, 0.3) is 0 Å². The van der Waals surface area contributed by atoms with Gasteiger partial charge in [-0.2, -0.15) is 0 Å². The number of benzene rings is 3. The van der Waals surface area contributed by atoms with E-state index in [1.807, 2.05) is 12.1 Å². The van der Waals surface area contributed by atoms with Crippen LogP contribution in [0.2, 0.25) is 5.02 Å². The van der Waals surface area contributed by atoms with Crippen molar-refractivity contribution >= 4 is 35.0 Å². The molecule has 0 N–H and O–H groups in total. The van der Waals surface area contributed by atoms with E-state index in [9.17, 15) is 23.2 Å². The highest BCUT2D eigenvalue weighted by Gasteiger charge is 2.44. The molecule has 1 atom stereocenters. The normalized spacial score (nSPS) is 17.2. The summed E-state index contributed by atoms with van der Waals surface area (Å²) in [6.07, 6.45) is 5.24. The van der Waals surface area contributed by atoms with E-state index < -0.39 is 17.5 Å². The summed E-state index contributed by atoms with van der Waals surface area (Å²) in [6.45, 7) is 6.65. The van der Waals surface area contributed by atoms with Crippen LogP contribution in [0.15, 0.2) is 60.7 Å². The topological polar surface area (TPSA) is 60.9 Å². The van der Waals surface area contributed by atoms with Crippen molar-refractivity contribution in [3.05, 3.63) is 99.6 Å². The number of halogens is 3. The van der Waals surface area contributed by atoms with Crippen molar-refractivity contribution in [2.24, 2.45) is 0 Å². The molecule has 2 aliphatic heterocycles. The Bertz CT molecular complexity index is 1480. The number of hydrogen-bond acceptors (Lipinski definition) is 4. The van der Waals surface area contributed by atoms with E-state index in [4.69, 9.17) is 11.6 Å². The number of imide groups is 1. The number of hydrogen-bond donors (Lipinski definition) is 0. The third-order valence-corrected chi connectivity index (χ3v) is 8.73. The molecule has 2 aliphatic rings. The van der Waals surface area contributed by atoms with Crippen LogP contribution in [-0.2, 0) is 5.41 Å². The first-order chi connectivity index (χ1) is 20.5. The Balaban J connectivity index is 0.000000292. The van der Waals surface area contributed by atoms with Gasteiger partial charge in [0, 0.05) is 29.7 Å². The van der Waals surface area contributed by atoms with Gasteiger partial charge in [0.1, 0.15) is 0 Å². The fourth-order valence-corrected chi connectivity index (χ4v) is 5.96. The molecule has 1 unspecified atom stereocenters. The second-order valence-corrected chi connectivity index (χ2v) is 11.7. The lowest BCUT2D eigenvalue weighted by molar-refractivity contribution is 0.0692. The first-order valence-corrected chi connectivity index (χ1v) is 15.1. The number of nitrogens with zero attached hydrogens (tertiary/aromatic N) is 3. The molecular weight excluding hydrogens is 572 g/mol. The second kappa shape index (κ2) is 13.8. The zero-order valence-electron chi connectivity index (χ0n) is 25.1. The predicted octanol–water partition coefficient (Wildman–Crippen LogP) is 7.35. The highest BCUT2D eigenvalue weighted by atomic mass is 35.5. The van der Waals surface area contributed by atoms with E-state index in [1.54, 1.807) is 35.2 Å². The minimum Gasteiger partial charge on any atom is -0.307 e. The van der Waals surface area contributed by atoms with Crippen LogP contribution < -0.4 is 4.90 Å². The summed E-state index contributed by atoms with van der Waals surface area (Å²) in [7, 11) is 3.61.